The number of halogens is 1. The van der Waals surface area contributed by atoms with Gasteiger partial charge < -0.3 is 0 Å². The Morgan fingerprint density at radius 2 is 2.00 bits per heavy atom. The van der Waals surface area contributed by atoms with E-state index in [4.69, 9.17) is 0 Å². The largest absolute Gasteiger partial charge is 0.298 e. The van der Waals surface area contributed by atoms with Gasteiger partial charge in [-0.1, -0.05) is 40.2 Å². The van der Waals surface area contributed by atoms with Gasteiger partial charge in [-0.05, 0) is 24.0 Å². The van der Waals surface area contributed by atoms with E-state index in [1.165, 1.54) is 5.56 Å². The molecule has 0 spiro atoms. The van der Waals surface area contributed by atoms with Crippen molar-refractivity contribution in [3.8, 4) is 0 Å². The third-order valence-electron chi connectivity index (χ3n) is 2.33. The van der Waals surface area contributed by atoms with Crippen LogP contribution in [0.15, 0.2) is 28.7 Å². The molecule has 0 saturated carbocycles. The molecule has 1 aliphatic rings. The van der Waals surface area contributed by atoms with Crippen LogP contribution in [0.25, 0.3) is 5.57 Å². The maximum atomic E-state index is 10.8. The van der Waals surface area contributed by atoms with Crippen LogP contribution in [0, 0.1) is 0 Å². The van der Waals surface area contributed by atoms with Crippen LogP contribution in [-0.4, -0.2) is 6.29 Å². The highest BCUT2D eigenvalue weighted by molar-refractivity contribution is 9.11. The molecule has 66 valence electrons. The molecule has 0 N–H and O–H groups in total. The second kappa shape index (κ2) is 3.46. The summed E-state index contributed by atoms with van der Waals surface area (Å²) in [6.07, 6.45) is 2.89. The summed E-state index contributed by atoms with van der Waals surface area (Å²) in [6, 6.07) is 8.06. The van der Waals surface area contributed by atoms with Crippen molar-refractivity contribution in [2.24, 2.45) is 0 Å². The molecule has 0 radical (unpaired) electrons. The normalized spacial score (nSPS) is 15.5. The lowest BCUT2D eigenvalue weighted by molar-refractivity contribution is -0.103. The third-order valence-corrected chi connectivity index (χ3v) is 3.16. The van der Waals surface area contributed by atoms with E-state index in [1.807, 2.05) is 18.2 Å². The van der Waals surface area contributed by atoms with Crippen LogP contribution in [0.3, 0.4) is 0 Å². The molecule has 0 atom stereocenters. The van der Waals surface area contributed by atoms with Gasteiger partial charge in [-0.25, -0.2) is 0 Å². The Labute approximate surface area is 85.6 Å². The van der Waals surface area contributed by atoms with E-state index < -0.39 is 0 Å². The number of aldehydes is 1. The number of hydrogen-bond donors (Lipinski definition) is 0. The Kier molecular flexibility index (Phi) is 2.32. The van der Waals surface area contributed by atoms with E-state index in [2.05, 4.69) is 22.0 Å². The molecule has 0 unspecified atom stereocenters. The van der Waals surface area contributed by atoms with Crippen molar-refractivity contribution >= 4 is 27.8 Å². The number of aryl methyl sites for hydroxylation is 1. The Hall–Kier alpha value is -0.890. The fraction of sp³-hybridized carbons (Fsp3) is 0.182. The number of fused-ring (bicyclic) bond motifs is 1. The lowest BCUT2D eigenvalue weighted by Crippen LogP contribution is -2.02. The van der Waals surface area contributed by atoms with Gasteiger partial charge in [0, 0.05) is 10.1 Å². The molecule has 0 bridgehead atoms. The topological polar surface area (TPSA) is 17.1 Å². The number of allylic oxidation sites excluding steroid dienone is 2. The van der Waals surface area contributed by atoms with Crippen LogP contribution in [0.4, 0.5) is 0 Å². The summed E-state index contributed by atoms with van der Waals surface area (Å²) in [5, 5.41) is 0. The maximum absolute atomic E-state index is 10.8. The minimum atomic E-state index is 0.807. The van der Waals surface area contributed by atoms with E-state index in [0.717, 1.165) is 34.7 Å². The zero-order valence-corrected chi connectivity index (χ0v) is 8.67. The van der Waals surface area contributed by atoms with Crippen molar-refractivity contribution in [1.82, 2.24) is 0 Å². The number of carbonyl (C=O) groups is 1. The fourth-order valence-corrected chi connectivity index (χ4v) is 2.16. The van der Waals surface area contributed by atoms with Gasteiger partial charge in [0.1, 0.15) is 0 Å². The van der Waals surface area contributed by atoms with Crippen LogP contribution in [-0.2, 0) is 11.2 Å². The highest BCUT2D eigenvalue weighted by atomic mass is 79.9. The minimum absolute atomic E-state index is 0.807. The number of rotatable bonds is 1. The van der Waals surface area contributed by atoms with Crippen molar-refractivity contribution in [2.45, 2.75) is 12.8 Å². The lowest BCUT2D eigenvalue weighted by atomic mass is 9.92. The summed E-state index contributed by atoms with van der Waals surface area (Å²) >= 11 is 3.43. The van der Waals surface area contributed by atoms with Crippen LogP contribution in [0.2, 0.25) is 0 Å². The molecule has 0 amide bonds. The first kappa shape index (κ1) is 8.70. The molecular formula is C11H9BrO. The first-order chi connectivity index (χ1) is 6.33. The Bertz CT molecular complexity index is 379. The van der Waals surface area contributed by atoms with Crippen LogP contribution >= 0.6 is 15.9 Å². The Balaban J connectivity index is 2.61. The number of benzene rings is 1. The number of carbonyl (C=O) groups excluding carboxylic acids is 1. The van der Waals surface area contributed by atoms with Gasteiger partial charge in [0.2, 0.25) is 0 Å². The monoisotopic (exact) mass is 236 g/mol. The second-order valence-electron chi connectivity index (χ2n) is 3.09. The smallest absolute Gasteiger partial charge is 0.151 e. The summed E-state index contributed by atoms with van der Waals surface area (Å²) < 4.78 is 1.03. The van der Waals surface area contributed by atoms with Gasteiger partial charge in [-0.3, -0.25) is 4.79 Å². The van der Waals surface area contributed by atoms with E-state index in [-0.39, 0.29) is 0 Å². The number of hydrogen-bond acceptors (Lipinski definition) is 1. The van der Waals surface area contributed by atoms with E-state index >= 15 is 0 Å². The van der Waals surface area contributed by atoms with Gasteiger partial charge in [0.25, 0.3) is 0 Å². The first-order valence-corrected chi connectivity index (χ1v) is 5.04. The Morgan fingerprint density at radius 3 is 2.77 bits per heavy atom. The highest BCUT2D eigenvalue weighted by Crippen LogP contribution is 2.32. The van der Waals surface area contributed by atoms with E-state index in [1.54, 1.807) is 0 Å². The molecule has 1 aromatic rings. The van der Waals surface area contributed by atoms with Crippen molar-refractivity contribution in [2.75, 3.05) is 0 Å². The molecule has 0 aromatic heterocycles. The average Bonchev–Trinajstić information content (AvgIpc) is 2.18. The van der Waals surface area contributed by atoms with Gasteiger partial charge >= 0.3 is 0 Å². The minimum Gasteiger partial charge on any atom is -0.298 e. The average molecular weight is 237 g/mol. The first-order valence-electron chi connectivity index (χ1n) is 4.25. The van der Waals surface area contributed by atoms with E-state index in [0.29, 0.717) is 0 Å². The predicted octanol–water partition coefficient (Wildman–Crippen LogP) is 2.94. The summed E-state index contributed by atoms with van der Waals surface area (Å²) in [4.78, 5) is 10.8. The maximum Gasteiger partial charge on any atom is 0.151 e. The zero-order chi connectivity index (χ0) is 9.26. The fourth-order valence-electron chi connectivity index (χ4n) is 1.65. The lowest BCUT2D eigenvalue weighted by Gasteiger charge is -2.16. The molecular weight excluding hydrogens is 228 g/mol. The summed E-state index contributed by atoms with van der Waals surface area (Å²) in [5.74, 6) is 0. The molecule has 2 rings (SSSR count). The van der Waals surface area contributed by atoms with Crippen molar-refractivity contribution < 1.29 is 4.79 Å². The molecule has 0 fully saturated rings. The summed E-state index contributed by atoms with van der Waals surface area (Å²) in [6.45, 7) is 0. The van der Waals surface area contributed by atoms with Crippen molar-refractivity contribution in [3.05, 3.63) is 39.9 Å². The second-order valence-corrected chi connectivity index (χ2v) is 4.05. The molecule has 0 heterocycles. The Morgan fingerprint density at radius 1 is 1.23 bits per heavy atom. The molecule has 0 aliphatic heterocycles. The SMILES string of the molecule is O=CC1=C(Br)CCc2ccccc21. The van der Waals surface area contributed by atoms with Crippen molar-refractivity contribution in [1.29, 1.82) is 0 Å². The van der Waals surface area contributed by atoms with Crippen LogP contribution < -0.4 is 0 Å². The summed E-state index contributed by atoms with van der Waals surface area (Å²) in [7, 11) is 0. The predicted molar refractivity (Wildman–Crippen MR) is 56.7 cm³/mol. The van der Waals surface area contributed by atoms with E-state index in [9.17, 15) is 4.79 Å². The quantitative estimate of drug-likeness (QED) is 0.686. The third kappa shape index (κ3) is 1.46. The molecule has 1 aromatic carbocycles. The zero-order valence-electron chi connectivity index (χ0n) is 7.09. The molecule has 1 aliphatic carbocycles. The highest BCUT2D eigenvalue weighted by Gasteiger charge is 2.15. The molecule has 2 heteroatoms. The van der Waals surface area contributed by atoms with Gasteiger partial charge in [0.15, 0.2) is 6.29 Å². The van der Waals surface area contributed by atoms with Crippen molar-refractivity contribution in [3.63, 3.8) is 0 Å². The molecule has 13 heavy (non-hydrogen) atoms. The van der Waals surface area contributed by atoms with Crippen LogP contribution in [0.1, 0.15) is 17.5 Å². The molecule has 1 nitrogen and oxygen atoms in total. The van der Waals surface area contributed by atoms with Gasteiger partial charge in [-0.15, -0.1) is 0 Å². The summed E-state index contributed by atoms with van der Waals surface area (Å²) in [5.41, 5.74) is 3.16. The van der Waals surface area contributed by atoms with Gasteiger partial charge in [0.05, 0.1) is 0 Å². The van der Waals surface area contributed by atoms with Crippen LogP contribution in [0.5, 0.6) is 0 Å². The van der Waals surface area contributed by atoms with Gasteiger partial charge in [-0.2, -0.15) is 0 Å². The molecule has 0 saturated heterocycles. The standard InChI is InChI=1S/C11H9BrO/c12-11-6-5-8-3-1-2-4-9(8)10(11)7-13/h1-4,7H,5-6H2.